The van der Waals surface area contributed by atoms with Gasteiger partial charge in [0.25, 0.3) is 6.43 Å². The van der Waals surface area contributed by atoms with E-state index in [4.69, 9.17) is 0 Å². The summed E-state index contributed by atoms with van der Waals surface area (Å²) in [7, 11) is 0. The highest BCUT2D eigenvalue weighted by atomic mass is 19.4. The maximum Gasteiger partial charge on any atom is 0.573 e. The third kappa shape index (κ3) is 8.23. The number of ether oxygens (including phenoxy) is 2. The van der Waals surface area contributed by atoms with Crippen molar-refractivity contribution in [2.45, 2.75) is 25.6 Å². The van der Waals surface area contributed by atoms with Crippen LogP contribution in [0, 0.1) is 0 Å². The summed E-state index contributed by atoms with van der Waals surface area (Å²) in [5.74, 6) is -0.632. The molecular formula is C13H13F5O3. The van der Waals surface area contributed by atoms with Crippen molar-refractivity contribution in [3.8, 4) is 5.75 Å². The lowest BCUT2D eigenvalue weighted by atomic mass is 10.1. The number of benzene rings is 1. The van der Waals surface area contributed by atoms with E-state index in [2.05, 4.69) is 9.47 Å². The number of rotatable bonds is 8. The van der Waals surface area contributed by atoms with Gasteiger partial charge in [0.15, 0.2) is 0 Å². The largest absolute Gasteiger partial charge is 0.573 e. The highest BCUT2D eigenvalue weighted by Crippen LogP contribution is 2.22. The van der Waals surface area contributed by atoms with E-state index >= 15 is 0 Å². The second kappa shape index (κ2) is 7.92. The molecule has 1 rings (SSSR count). The predicted octanol–water partition coefficient (Wildman–Crippen LogP) is 3.37. The number of ketones is 1. The predicted molar refractivity (Wildman–Crippen MR) is 63.3 cm³/mol. The molecule has 0 N–H and O–H groups in total. The van der Waals surface area contributed by atoms with Crippen LogP contribution >= 0.6 is 0 Å². The van der Waals surface area contributed by atoms with Crippen molar-refractivity contribution in [3.05, 3.63) is 29.8 Å². The molecule has 0 fully saturated rings. The SMILES string of the molecule is O=C(CCOCC(F)F)Cc1ccc(OC(F)(F)F)cc1. The normalized spacial score (nSPS) is 11.7. The Morgan fingerprint density at radius 3 is 2.29 bits per heavy atom. The summed E-state index contributed by atoms with van der Waals surface area (Å²) in [4.78, 5) is 11.5. The Morgan fingerprint density at radius 1 is 1.14 bits per heavy atom. The molecule has 0 aliphatic rings. The average Bonchev–Trinajstić information content (AvgIpc) is 2.35. The van der Waals surface area contributed by atoms with E-state index in [9.17, 15) is 26.7 Å². The van der Waals surface area contributed by atoms with Crippen molar-refractivity contribution >= 4 is 5.78 Å². The molecular weight excluding hydrogens is 299 g/mol. The van der Waals surface area contributed by atoms with Gasteiger partial charge in [0, 0.05) is 12.8 Å². The molecule has 0 unspecified atom stereocenters. The van der Waals surface area contributed by atoms with E-state index in [0.29, 0.717) is 5.56 Å². The van der Waals surface area contributed by atoms with E-state index in [0.717, 1.165) is 12.1 Å². The third-order valence-corrected chi connectivity index (χ3v) is 2.33. The highest BCUT2D eigenvalue weighted by molar-refractivity contribution is 5.80. The topological polar surface area (TPSA) is 35.5 Å². The first-order valence-electron chi connectivity index (χ1n) is 5.98. The van der Waals surface area contributed by atoms with Gasteiger partial charge in [-0.25, -0.2) is 8.78 Å². The molecule has 0 saturated carbocycles. The molecule has 0 radical (unpaired) electrons. The van der Waals surface area contributed by atoms with Crippen LogP contribution in [-0.4, -0.2) is 31.8 Å². The minimum Gasteiger partial charge on any atom is -0.406 e. The molecule has 21 heavy (non-hydrogen) atoms. The number of carbonyl (C=O) groups excluding carboxylic acids is 1. The Labute approximate surface area is 117 Å². The van der Waals surface area contributed by atoms with Crippen molar-refractivity contribution in [3.63, 3.8) is 0 Å². The number of alkyl halides is 5. The molecule has 0 saturated heterocycles. The minimum absolute atomic E-state index is 0.00959. The average molecular weight is 312 g/mol. The zero-order chi connectivity index (χ0) is 15.9. The van der Waals surface area contributed by atoms with Crippen LogP contribution in [-0.2, 0) is 16.0 Å². The van der Waals surface area contributed by atoms with Crippen LogP contribution in [0.3, 0.4) is 0 Å². The maximum atomic E-state index is 11.9. The molecule has 8 heteroatoms. The molecule has 0 amide bonds. The lowest BCUT2D eigenvalue weighted by Crippen LogP contribution is -2.17. The second-order valence-corrected chi connectivity index (χ2v) is 4.12. The van der Waals surface area contributed by atoms with Crippen LogP contribution in [0.25, 0.3) is 0 Å². The molecule has 0 bridgehead atoms. The van der Waals surface area contributed by atoms with Crippen LogP contribution < -0.4 is 4.74 Å². The van der Waals surface area contributed by atoms with Crippen LogP contribution in [0.1, 0.15) is 12.0 Å². The summed E-state index contributed by atoms with van der Waals surface area (Å²) in [6.45, 7) is -0.838. The third-order valence-electron chi connectivity index (χ3n) is 2.33. The summed E-state index contributed by atoms with van der Waals surface area (Å²) in [6.07, 6.45) is -7.39. The van der Waals surface area contributed by atoms with Gasteiger partial charge >= 0.3 is 6.36 Å². The summed E-state index contributed by atoms with van der Waals surface area (Å²) < 4.78 is 67.6. The van der Waals surface area contributed by atoms with E-state index in [1.165, 1.54) is 12.1 Å². The zero-order valence-electron chi connectivity index (χ0n) is 10.8. The number of hydrogen-bond donors (Lipinski definition) is 0. The first kappa shape index (κ1) is 17.4. The van der Waals surface area contributed by atoms with Gasteiger partial charge in [-0.3, -0.25) is 4.79 Å². The zero-order valence-corrected chi connectivity index (χ0v) is 10.8. The van der Waals surface area contributed by atoms with Crippen molar-refractivity contribution < 1.29 is 36.2 Å². The first-order valence-corrected chi connectivity index (χ1v) is 5.98. The second-order valence-electron chi connectivity index (χ2n) is 4.12. The summed E-state index contributed by atoms with van der Waals surface area (Å²) in [5.41, 5.74) is 0.503. The van der Waals surface area contributed by atoms with Gasteiger partial charge in [0.05, 0.1) is 6.61 Å². The fraction of sp³-hybridized carbons (Fsp3) is 0.462. The molecule has 0 spiro atoms. The molecule has 3 nitrogen and oxygen atoms in total. The van der Waals surface area contributed by atoms with Crippen molar-refractivity contribution in [2.75, 3.05) is 13.2 Å². The quantitative estimate of drug-likeness (QED) is 0.545. The van der Waals surface area contributed by atoms with Crippen LogP contribution in [0.2, 0.25) is 0 Å². The molecule has 0 atom stereocenters. The van der Waals surface area contributed by atoms with E-state index < -0.39 is 19.4 Å². The van der Waals surface area contributed by atoms with Crippen molar-refractivity contribution in [1.29, 1.82) is 0 Å². The number of carbonyl (C=O) groups is 1. The van der Waals surface area contributed by atoms with Crippen LogP contribution in [0.4, 0.5) is 22.0 Å². The van der Waals surface area contributed by atoms with Crippen LogP contribution in [0.15, 0.2) is 24.3 Å². The fourth-order valence-corrected chi connectivity index (χ4v) is 1.48. The van der Waals surface area contributed by atoms with Crippen molar-refractivity contribution in [1.82, 2.24) is 0 Å². The van der Waals surface area contributed by atoms with Gasteiger partial charge in [-0.15, -0.1) is 13.2 Å². The van der Waals surface area contributed by atoms with E-state index in [-0.39, 0.29) is 31.0 Å². The number of halogens is 5. The Morgan fingerprint density at radius 2 is 1.76 bits per heavy atom. The van der Waals surface area contributed by atoms with Gasteiger partial charge in [-0.1, -0.05) is 12.1 Å². The monoisotopic (exact) mass is 312 g/mol. The molecule has 1 aromatic rings. The molecule has 0 aliphatic carbocycles. The lowest BCUT2D eigenvalue weighted by Gasteiger charge is -2.09. The van der Waals surface area contributed by atoms with E-state index in [1.54, 1.807) is 0 Å². The molecule has 1 aromatic carbocycles. The summed E-state index contributed by atoms with van der Waals surface area (Å²) >= 11 is 0. The molecule has 0 aliphatic heterocycles. The lowest BCUT2D eigenvalue weighted by molar-refractivity contribution is -0.274. The Bertz CT molecular complexity index is 442. The van der Waals surface area contributed by atoms with Gasteiger partial charge in [-0.05, 0) is 17.7 Å². The first-order chi connectivity index (χ1) is 9.76. The van der Waals surface area contributed by atoms with Gasteiger partial charge < -0.3 is 9.47 Å². The van der Waals surface area contributed by atoms with E-state index in [1.807, 2.05) is 0 Å². The summed E-state index contributed by atoms with van der Waals surface area (Å²) in [5, 5.41) is 0. The van der Waals surface area contributed by atoms with Crippen LogP contribution in [0.5, 0.6) is 5.75 Å². The number of Topliss-reactive ketones (excluding diaryl/α,β-unsaturated/α-hetero) is 1. The Balaban J connectivity index is 2.36. The van der Waals surface area contributed by atoms with Gasteiger partial charge in [0.1, 0.15) is 18.1 Å². The fourth-order valence-electron chi connectivity index (χ4n) is 1.48. The van der Waals surface area contributed by atoms with Gasteiger partial charge in [-0.2, -0.15) is 0 Å². The Hall–Kier alpha value is -1.70. The smallest absolute Gasteiger partial charge is 0.406 e. The number of hydrogen-bond acceptors (Lipinski definition) is 3. The van der Waals surface area contributed by atoms with Gasteiger partial charge in [0.2, 0.25) is 0 Å². The standard InChI is InChI=1S/C13H13F5O3/c14-12(15)8-20-6-5-10(19)7-9-1-3-11(4-2-9)21-13(16,17)18/h1-4,12H,5-8H2. The molecule has 0 heterocycles. The Kier molecular flexibility index (Phi) is 6.54. The van der Waals surface area contributed by atoms with Crippen molar-refractivity contribution in [2.24, 2.45) is 0 Å². The highest BCUT2D eigenvalue weighted by Gasteiger charge is 2.30. The molecule has 0 aromatic heterocycles. The summed E-state index contributed by atoms with van der Waals surface area (Å²) in [6, 6.07) is 4.87. The maximum absolute atomic E-state index is 11.9. The minimum atomic E-state index is -4.76. The molecule has 118 valence electrons.